The second-order valence-corrected chi connectivity index (χ2v) is 6.33. The fourth-order valence-corrected chi connectivity index (χ4v) is 3.17. The molecule has 0 amide bonds. The Morgan fingerprint density at radius 3 is 2.90 bits per heavy atom. The largest absolute Gasteiger partial charge is 0.479 e. The number of nitrogens with zero attached hydrogens (tertiary/aromatic N) is 1. The van der Waals surface area contributed by atoms with Gasteiger partial charge in [0.2, 0.25) is 0 Å². The van der Waals surface area contributed by atoms with Gasteiger partial charge in [-0.05, 0) is 43.2 Å². The summed E-state index contributed by atoms with van der Waals surface area (Å²) in [5, 5.41) is 12.2. The quantitative estimate of drug-likeness (QED) is 0.804. The summed E-state index contributed by atoms with van der Waals surface area (Å²) in [5.74, 6) is 2.43. The predicted molar refractivity (Wildman–Crippen MR) is 86.4 cm³/mol. The van der Waals surface area contributed by atoms with E-state index < -0.39 is 0 Å². The molecule has 1 fully saturated rings. The Morgan fingerprint density at radius 1 is 1.29 bits per heavy atom. The SMILES string of the molecule is CC(C)C1CCCC(Nc2cccc(OCC#N)c2)CC1. The molecule has 1 aromatic carbocycles. The first-order chi connectivity index (χ1) is 10.2. The third kappa shape index (κ3) is 4.97. The van der Waals surface area contributed by atoms with Crippen LogP contribution >= 0.6 is 0 Å². The van der Waals surface area contributed by atoms with Crippen molar-refractivity contribution in [3.63, 3.8) is 0 Å². The molecular weight excluding hydrogens is 260 g/mol. The monoisotopic (exact) mass is 286 g/mol. The van der Waals surface area contributed by atoms with Gasteiger partial charge in [0.15, 0.2) is 6.61 Å². The summed E-state index contributed by atoms with van der Waals surface area (Å²) in [6.45, 7) is 4.78. The van der Waals surface area contributed by atoms with Crippen molar-refractivity contribution in [3.05, 3.63) is 24.3 Å². The van der Waals surface area contributed by atoms with Crippen LogP contribution in [0.15, 0.2) is 24.3 Å². The molecule has 2 unspecified atom stereocenters. The van der Waals surface area contributed by atoms with Crippen LogP contribution < -0.4 is 10.1 Å². The van der Waals surface area contributed by atoms with Crippen LogP contribution in [-0.4, -0.2) is 12.6 Å². The third-order valence-corrected chi connectivity index (χ3v) is 4.46. The molecular formula is C18H26N2O. The van der Waals surface area contributed by atoms with Gasteiger partial charge in [-0.1, -0.05) is 32.8 Å². The first-order valence-electron chi connectivity index (χ1n) is 8.05. The van der Waals surface area contributed by atoms with Crippen molar-refractivity contribution in [3.8, 4) is 11.8 Å². The average molecular weight is 286 g/mol. The predicted octanol–water partition coefficient (Wildman–Crippen LogP) is 4.61. The Balaban J connectivity index is 1.91. The minimum atomic E-state index is 0.100. The lowest BCUT2D eigenvalue weighted by Gasteiger charge is -2.20. The summed E-state index contributed by atoms with van der Waals surface area (Å²) < 4.78 is 5.36. The number of anilines is 1. The molecule has 1 aliphatic rings. The van der Waals surface area contributed by atoms with Crippen molar-refractivity contribution >= 4 is 5.69 Å². The molecule has 1 aromatic rings. The molecule has 114 valence electrons. The summed E-state index contributed by atoms with van der Waals surface area (Å²) >= 11 is 0. The van der Waals surface area contributed by atoms with E-state index in [-0.39, 0.29) is 6.61 Å². The molecule has 0 radical (unpaired) electrons. The molecule has 1 saturated carbocycles. The second kappa shape index (κ2) is 7.93. The van der Waals surface area contributed by atoms with Crippen molar-refractivity contribution < 1.29 is 4.74 Å². The van der Waals surface area contributed by atoms with Gasteiger partial charge < -0.3 is 10.1 Å². The highest BCUT2D eigenvalue weighted by Gasteiger charge is 2.20. The summed E-state index contributed by atoms with van der Waals surface area (Å²) in [5.41, 5.74) is 1.10. The zero-order chi connectivity index (χ0) is 15.1. The number of benzene rings is 1. The molecule has 3 heteroatoms. The lowest BCUT2D eigenvalue weighted by molar-refractivity contribution is 0.341. The van der Waals surface area contributed by atoms with Gasteiger partial charge in [-0.3, -0.25) is 0 Å². The molecule has 2 atom stereocenters. The molecule has 2 rings (SSSR count). The summed E-state index contributed by atoms with van der Waals surface area (Å²) in [7, 11) is 0. The maximum Gasteiger partial charge on any atom is 0.174 e. The van der Waals surface area contributed by atoms with Crippen molar-refractivity contribution in [1.29, 1.82) is 5.26 Å². The minimum Gasteiger partial charge on any atom is -0.479 e. The smallest absolute Gasteiger partial charge is 0.174 e. The number of nitrogens with one attached hydrogen (secondary N) is 1. The normalized spacial score (nSPS) is 22.4. The van der Waals surface area contributed by atoms with E-state index in [1.165, 1.54) is 32.1 Å². The van der Waals surface area contributed by atoms with E-state index in [9.17, 15) is 0 Å². The zero-order valence-corrected chi connectivity index (χ0v) is 13.1. The van der Waals surface area contributed by atoms with E-state index in [0.717, 1.165) is 23.3 Å². The maximum atomic E-state index is 8.57. The Morgan fingerprint density at radius 2 is 2.14 bits per heavy atom. The standard InChI is InChI=1S/C18H26N2O/c1-14(2)15-5-3-6-16(10-9-15)20-17-7-4-8-18(13-17)21-12-11-19/h4,7-8,13-16,20H,3,5-6,9-10,12H2,1-2H3. The minimum absolute atomic E-state index is 0.100. The van der Waals surface area contributed by atoms with Crippen LogP contribution in [0, 0.1) is 23.2 Å². The van der Waals surface area contributed by atoms with E-state index in [1.807, 2.05) is 24.3 Å². The molecule has 1 aliphatic carbocycles. The van der Waals surface area contributed by atoms with Crippen LogP contribution in [0.2, 0.25) is 0 Å². The molecule has 0 bridgehead atoms. The van der Waals surface area contributed by atoms with Crippen molar-refractivity contribution in [2.24, 2.45) is 11.8 Å². The fraction of sp³-hybridized carbons (Fsp3) is 0.611. The van der Waals surface area contributed by atoms with Crippen LogP contribution in [-0.2, 0) is 0 Å². The molecule has 3 nitrogen and oxygen atoms in total. The topological polar surface area (TPSA) is 45.0 Å². The van der Waals surface area contributed by atoms with E-state index in [1.54, 1.807) is 0 Å². The average Bonchev–Trinajstić information content (AvgIpc) is 2.71. The van der Waals surface area contributed by atoms with E-state index >= 15 is 0 Å². The van der Waals surface area contributed by atoms with Gasteiger partial charge in [-0.25, -0.2) is 0 Å². The molecule has 1 N–H and O–H groups in total. The number of nitriles is 1. The van der Waals surface area contributed by atoms with Crippen molar-refractivity contribution in [1.82, 2.24) is 0 Å². The zero-order valence-electron chi connectivity index (χ0n) is 13.1. The Hall–Kier alpha value is -1.69. The van der Waals surface area contributed by atoms with Crippen LogP contribution in [0.4, 0.5) is 5.69 Å². The highest BCUT2D eigenvalue weighted by molar-refractivity contribution is 5.48. The van der Waals surface area contributed by atoms with Gasteiger partial charge in [0.1, 0.15) is 11.8 Å². The summed E-state index contributed by atoms with van der Waals surface area (Å²) in [6, 6.07) is 10.5. The van der Waals surface area contributed by atoms with Gasteiger partial charge in [0.25, 0.3) is 0 Å². The van der Waals surface area contributed by atoms with E-state index in [2.05, 4.69) is 25.2 Å². The molecule has 0 saturated heterocycles. The fourth-order valence-electron chi connectivity index (χ4n) is 3.17. The van der Waals surface area contributed by atoms with Crippen molar-refractivity contribution in [2.45, 2.75) is 52.0 Å². The first-order valence-corrected chi connectivity index (χ1v) is 8.05. The molecule has 0 heterocycles. The van der Waals surface area contributed by atoms with E-state index in [0.29, 0.717) is 6.04 Å². The van der Waals surface area contributed by atoms with Gasteiger partial charge in [0.05, 0.1) is 0 Å². The number of ether oxygens (including phenoxy) is 1. The lowest BCUT2D eigenvalue weighted by Crippen LogP contribution is -2.18. The van der Waals surface area contributed by atoms with E-state index in [4.69, 9.17) is 10.00 Å². The van der Waals surface area contributed by atoms with Gasteiger partial charge in [-0.15, -0.1) is 0 Å². The van der Waals surface area contributed by atoms with Gasteiger partial charge in [0, 0.05) is 17.8 Å². The third-order valence-electron chi connectivity index (χ3n) is 4.46. The molecule has 0 aromatic heterocycles. The van der Waals surface area contributed by atoms with Crippen LogP contribution in [0.1, 0.15) is 46.0 Å². The molecule has 0 aliphatic heterocycles. The number of rotatable bonds is 5. The Bertz CT molecular complexity index is 478. The Kier molecular flexibility index (Phi) is 5.92. The lowest BCUT2D eigenvalue weighted by atomic mass is 9.89. The van der Waals surface area contributed by atoms with Crippen LogP contribution in [0.25, 0.3) is 0 Å². The molecule has 0 spiro atoms. The van der Waals surface area contributed by atoms with Gasteiger partial charge >= 0.3 is 0 Å². The van der Waals surface area contributed by atoms with Crippen LogP contribution in [0.3, 0.4) is 0 Å². The van der Waals surface area contributed by atoms with Gasteiger partial charge in [-0.2, -0.15) is 5.26 Å². The summed E-state index contributed by atoms with van der Waals surface area (Å²) in [4.78, 5) is 0. The second-order valence-electron chi connectivity index (χ2n) is 6.33. The maximum absolute atomic E-state index is 8.57. The highest BCUT2D eigenvalue weighted by atomic mass is 16.5. The van der Waals surface area contributed by atoms with Crippen molar-refractivity contribution in [2.75, 3.05) is 11.9 Å². The molecule has 21 heavy (non-hydrogen) atoms. The van der Waals surface area contributed by atoms with Crippen LogP contribution in [0.5, 0.6) is 5.75 Å². The Labute approximate surface area is 128 Å². The first kappa shape index (κ1) is 15.7. The number of hydrogen-bond donors (Lipinski definition) is 1. The highest BCUT2D eigenvalue weighted by Crippen LogP contribution is 2.30. The number of hydrogen-bond acceptors (Lipinski definition) is 3. The summed E-state index contributed by atoms with van der Waals surface area (Å²) in [6.07, 6.45) is 6.48.